The van der Waals surface area contributed by atoms with Gasteiger partial charge in [0.1, 0.15) is 5.82 Å². The van der Waals surface area contributed by atoms with Crippen LogP contribution in [-0.2, 0) is 6.54 Å². The first-order valence-electron chi connectivity index (χ1n) is 10.5. The molecule has 0 aliphatic carbocycles. The van der Waals surface area contributed by atoms with Gasteiger partial charge in [0.2, 0.25) is 5.76 Å². The Morgan fingerprint density at radius 1 is 1.20 bits per heavy atom. The van der Waals surface area contributed by atoms with Gasteiger partial charge < -0.3 is 14.3 Å². The molecule has 156 valence electrons. The number of likely N-dealkylation sites (tertiary alicyclic amines) is 2. The van der Waals surface area contributed by atoms with E-state index in [1.54, 1.807) is 13.1 Å². The van der Waals surface area contributed by atoms with Gasteiger partial charge in [-0.15, -0.1) is 0 Å². The van der Waals surface area contributed by atoms with Crippen molar-refractivity contribution in [3.05, 3.63) is 71.0 Å². The molecular formula is C23H27N5O2. The standard InChI is InChI=1S/C23H27N5O2/c1-14-6-4-5-7-18(14)21-19-12-27(13-20-24-8-9-25-20)10-17(19)11-28(21)23(29)22-15(2)26-16(3)30-22/h4-9,17,19,21H,10-13H2,1-3H3,(H,24,25)/t17-,19-,21+/m0/s1. The minimum absolute atomic E-state index is 0.0371. The lowest BCUT2D eigenvalue weighted by atomic mass is 9.87. The third-order valence-corrected chi connectivity index (χ3v) is 6.53. The molecule has 7 nitrogen and oxygen atoms in total. The first-order valence-corrected chi connectivity index (χ1v) is 10.5. The number of aryl methyl sites for hydroxylation is 3. The van der Waals surface area contributed by atoms with Crippen molar-refractivity contribution in [1.29, 1.82) is 0 Å². The van der Waals surface area contributed by atoms with Gasteiger partial charge in [0.15, 0.2) is 5.89 Å². The third kappa shape index (κ3) is 3.23. The van der Waals surface area contributed by atoms with E-state index < -0.39 is 0 Å². The van der Waals surface area contributed by atoms with Crippen LogP contribution in [0.1, 0.15) is 45.1 Å². The summed E-state index contributed by atoms with van der Waals surface area (Å²) in [5.41, 5.74) is 3.11. The fraction of sp³-hybridized carbons (Fsp3) is 0.435. The Kier molecular flexibility index (Phi) is 4.70. The molecule has 1 N–H and O–H groups in total. The number of amides is 1. The van der Waals surface area contributed by atoms with Crippen molar-refractivity contribution in [2.75, 3.05) is 19.6 Å². The monoisotopic (exact) mass is 405 g/mol. The lowest BCUT2D eigenvalue weighted by Gasteiger charge is -2.30. The van der Waals surface area contributed by atoms with Crippen LogP contribution < -0.4 is 0 Å². The first kappa shape index (κ1) is 19.1. The molecule has 30 heavy (non-hydrogen) atoms. The number of rotatable bonds is 4. The number of hydrogen-bond donors (Lipinski definition) is 1. The van der Waals surface area contributed by atoms with E-state index in [9.17, 15) is 4.79 Å². The Hall–Kier alpha value is -2.93. The molecule has 2 aromatic heterocycles. The third-order valence-electron chi connectivity index (χ3n) is 6.53. The van der Waals surface area contributed by atoms with E-state index >= 15 is 0 Å². The summed E-state index contributed by atoms with van der Waals surface area (Å²) >= 11 is 0. The second kappa shape index (κ2) is 7.40. The van der Waals surface area contributed by atoms with E-state index in [0.29, 0.717) is 29.2 Å². The van der Waals surface area contributed by atoms with Crippen molar-refractivity contribution in [3.63, 3.8) is 0 Å². The van der Waals surface area contributed by atoms with Gasteiger partial charge in [0.25, 0.3) is 5.91 Å². The largest absolute Gasteiger partial charge is 0.436 e. The maximum absolute atomic E-state index is 13.5. The Morgan fingerprint density at radius 2 is 2.03 bits per heavy atom. The molecule has 3 atom stereocenters. The molecule has 4 heterocycles. The summed E-state index contributed by atoms with van der Waals surface area (Å²) in [6, 6.07) is 8.45. The second-order valence-corrected chi connectivity index (χ2v) is 8.56. The lowest BCUT2D eigenvalue weighted by molar-refractivity contribution is 0.0664. The predicted molar refractivity (Wildman–Crippen MR) is 112 cm³/mol. The number of carbonyl (C=O) groups excluding carboxylic acids is 1. The molecule has 0 spiro atoms. The van der Waals surface area contributed by atoms with E-state index in [1.165, 1.54) is 11.1 Å². The highest BCUT2D eigenvalue weighted by Gasteiger charge is 2.50. The minimum atomic E-state index is -0.0478. The van der Waals surface area contributed by atoms with E-state index in [2.05, 4.69) is 51.0 Å². The van der Waals surface area contributed by atoms with Gasteiger partial charge in [-0.2, -0.15) is 0 Å². The zero-order chi connectivity index (χ0) is 20.8. The minimum Gasteiger partial charge on any atom is -0.436 e. The maximum Gasteiger partial charge on any atom is 0.292 e. The van der Waals surface area contributed by atoms with Crippen LogP contribution >= 0.6 is 0 Å². The van der Waals surface area contributed by atoms with Gasteiger partial charge in [-0.3, -0.25) is 9.69 Å². The number of hydrogen-bond acceptors (Lipinski definition) is 5. The highest BCUT2D eigenvalue weighted by Crippen LogP contribution is 2.46. The average Bonchev–Trinajstić information content (AvgIpc) is 3.47. The fourth-order valence-electron chi connectivity index (χ4n) is 5.25. The summed E-state index contributed by atoms with van der Waals surface area (Å²) in [4.78, 5) is 29.9. The van der Waals surface area contributed by atoms with Crippen LogP contribution in [-0.4, -0.2) is 50.3 Å². The van der Waals surface area contributed by atoms with Gasteiger partial charge in [0.05, 0.1) is 18.3 Å². The molecule has 2 saturated heterocycles. The molecule has 2 fully saturated rings. The van der Waals surface area contributed by atoms with Crippen molar-refractivity contribution < 1.29 is 9.21 Å². The van der Waals surface area contributed by atoms with Crippen LogP contribution in [0.5, 0.6) is 0 Å². The predicted octanol–water partition coefficient (Wildman–Crippen LogP) is 3.27. The van der Waals surface area contributed by atoms with Crippen molar-refractivity contribution in [1.82, 2.24) is 24.8 Å². The second-order valence-electron chi connectivity index (χ2n) is 8.56. The number of carbonyl (C=O) groups is 1. The van der Waals surface area contributed by atoms with Crippen molar-refractivity contribution in [2.24, 2.45) is 11.8 Å². The Bertz CT molecular complexity index is 1060. The normalized spacial score (nSPS) is 23.8. The molecule has 0 saturated carbocycles. The Labute approximate surface area is 176 Å². The van der Waals surface area contributed by atoms with Crippen LogP contribution in [0.3, 0.4) is 0 Å². The lowest BCUT2D eigenvalue weighted by Crippen LogP contribution is -2.36. The van der Waals surface area contributed by atoms with Crippen molar-refractivity contribution in [3.8, 4) is 0 Å². The zero-order valence-electron chi connectivity index (χ0n) is 17.6. The number of aromatic nitrogens is 3. The molecule has 7 heteroatoms. The number of H-pyrrole nitrogens is 1. The molecule has 0 unspecified atom stereocenters. The molecule has 3 aromatic rings. The quantitative estimate of drug-likeness (QED) is 0.721. The average molecular weight is 406 g/mol. The van der Waals surface area contributed by atoms with Crippen LogP contribution in [0, 0.1) is 32.6 Å². The van der Waals surface area contributed by atoms with Gasteiger partial charge in [0, 0.05) is 44.9 Å². The summed E-state index contributed by atoms with van der Waals surface area (Å²) in [5, 5.41) is 0. The molecule has 5 rings (SSSR count). The summed E-state index contributed by atoms with van der Waals surface area (Å²) in [6.45, 7) is 9.22. The van der Waals surface area contributed by atoms with Crippen LogP contribution in [0.4, 0.5) is 0 Å². The highest BCUT2D eigenvalue weighted by atomic mass is 16.4. The fourth-order valence-corrected chi connectivity index (χ4v) is 5.25. The van der Waals surface area contributed by atoms with Gasteiger partial charge >= 0.3 is 0 Å². The molecule has 0 bridgehead atoms. The molecule has 0 radical (unpaired) electrons. The Morgan fingerprint density at radius 3 is 2.73 bits per heavy atom. The van der Waals surface area contributed by atoms with Gasteiger partial charge in [-0.05, 0) is 30.9 Å². The summed E-state index contributed by atoms with van der Waals surface area (Å²) in [6.07, 6.45) is 3.66. The number of nitrogens with zero attached hydrogens (tertiary/aromatic N) is 4. The van der Waals surface area contributed by atoms with E-state index in [1.807, 2.05) is 18.0 Å². The highest BCUT2D eigenvalue weighted by molar-refractivity contribution is 5.93. The first-order chi connectivity index (χ1) is 14.5. The van der Waals surface area contributed by atoms with Crippen molar-refractivity contribution >= 4 is 5.91 Å². The molecule has 1 amide bonds. The SMILES string of the molecule is Cc1nc(C)c(C(=O)N2C[C@@H]3CN(Cc4ncc[nH]4)C[C@@H]3[C@H]2c2ccccc2C)o1. The summed E-state index contributed by atoms with van der Waals surface area (Å²) in [7, 11) is 0. The number of fused-ring (bicyclic) bond motifs is 1. The number of benzene rings is 1. The van der Waals surface area contributed by atoms with E-state index in [-0.39, 0.29) is 11.9 Å². The number of nitrogens with one attached hydrogen (secondary N) is 1. The van der Waals surface area contributed by atoms with Crippen LogP contribution in [0.2, 0.25) is 0 Å². The molecule has 2 aliphatic heterocycles. The Balaban J connectivity index is 1.46. The smallest absolute Gasteiger partial charge is 0.292 e. The van der Waals surface area contributed by atoms with Crippen molar-refractivity contribution in [2.45, 2.75) is 33.4 Å². The number of aromatic amines is 1. The topological polar surface area (TPSA) is 78.3 Å². The zero-order valence-corrected chi connectivity index (χ0v) is 17.6. The number of imidazole rings is 1. The number of oxazole rings is 1. The van der Waals surface area contributed by atoms with Gasteiger partial charge in [-0.25, -0.2) is 9.97 Å². The van der Waals surface area contributed by atoms with E-state index in [0.717, 1.165) is 32.0 Å². The van der Waals surface area contributed by atoms with E-state index in [4.69, 9.17) is 4.42 Å². The molecule has 2 aliphatic rings. The maximum atomic E-state index is 13.5. The molecular weight excluding hydrogens is 378 g/mol. The summed E-state index contributed by atoms with van der Waals surface area (Å²) < 4.78 is 5.69. The molecule has 1 aromatic carbocycles. The van der Waals surface area contributed by atoms with Crippen LogP contribution in [0.25, 0.3) is 0 Å². The van der Waals surface area contributed by atoms with Gasteiger partial charge in [-0.1, -0.05) is 24.3 Å². The van der Waals surface area contributed by atoms with Crippen LogP contribution in [0.15, 0.2) is 41.1 Å². The summed E-state index contributed by atoms with van der Waals surface area (Å²) in [5.74, 6) is 2.66.